The van der Waals surface area contributed by atoms with Gasteiger partial charge in [-0.15, -0.1) is 0 Å². The number of amides is 1. The van der Waals surface area contributed by atoms with Crippen LogP contribution in [0.5, 0.6) is 0 Å². The zero-order valence-electron chi connectivity index (χ0n) is 9.49. The van der Waals surface area contributed by atoms with Crippen LogP contribution >= 0.6 is 0 Å². The molecule has 86 valence electrons. The standard InChI is InChI=1S/C15H15NO/c16-15(17)14-9-5-4-8-13(14)11-10-12-6-2-1-3-7-12/h1-11,13-14H,(H2,16,17). The summed E-state index contributed by atoms with van der Waals surface area (Å²) >= 11 is 0. The first-order chi connectivity index (χ1) is 8.27. The maximum atomic E-state index is 11.3. The van der Waals surface area contributed by atoms with E-state index in [4.69, 9.17) is 5.73 Å². The van der Waals surface area contributed by atoms with E-state index in [0.29, 0.717) is 0 Å². The van der Waals surface area contributed by atoms with E-state index in [9.17, 15) is 4.79 Å². The van der Waals surface area contributed by atoms with Gasteiger partial charge in [-0.25, -0.2) is 0 Å². The summed E-state index contributed by atoms with van der Waals surface area (Å²) in [5, 5.41) is 0. The Hall–Kier alpha value is -2.09. The molecule has 1 aromatic carbocycles. The number of nitrogens with two attached hydrogens (primary N) is 1. The molecular weight excluding hydrogens is 210 g/mol. The molecular formula is C15H15NO. The summed E-state index contributed by atoms with van der Waals surface area (Å²) in [7, 11) is 0. The molecule has 2 rings (SSSR count). The average Bonchev–Trinajstić information content (AvgIpc) is 2.38. The minimum atomic E-state index is -0.284. The molecule has 0 saturated heterocycles. The molecule has 2 atom stereocenters. The monoisotopic (exact) mass is 225 g/mol. The quantitative estimate of drug-likeness (QED) is 0.844. The van der Waals surface area contributed by atoms with E-state index < -0.39 is 0 Å². The summed E-state index contributed by atoms with van der Waals surface area (Å²) in [5.41, 5.74) is 6.49. The second-order valence-electron chi connectivity index (χ2n) is 4.05. The Kier molecular flexibility index (Phi) is 3.55. The number of hydrogen-bond acceptors (Lipinski definition) is 1. The van der Waals surface area contributed by atoms with E-state index in [2.05, 4.69) is 0 Å². The highest BCUT2D eigenvalue weighted by Gasteiger charge is 2.20. The van der Waals surface area contributed by atoms with Crippen LogP contribution in [0.2, 0.25) is 0 Å². The van der Waals surface area contributed by atoms with E-state index >= 15 is 0 Å². The fraction of sp³-hybridized carbons (Fsp3) is 0.133. The summed E-state index contributed by atoms with van der Waals surface area (Å²) in [4.78, 5) is 11.3. The molecule has 0 heterocycles. The van der Waals surface area contributed by atoms with Crippen molar-refractivity contribution in [2.75, 3.05) is 0 Å². The van der Waals surface area contributed by atoms with Gasteiger partial charge < -0.3 is 5.73 Å². The van der Waals surface area contributed by atoms with Crippen molar-refractivity contribution in [1.82, 2.24) is 0 Å². The van der Waals surface area contributed by atoms with Crippen molar-refractivity contribution in [2.24, 2.45) is 17.6 Å². The van der Waals surface area contributed by atoms with Gasteiger partial charge in [-0.3, -0.25) is 4.79 Å². The Morgan fingerprint density at radius 3 is 2.53 bits per heavy atom. The van der Waals surface area contributed by atoms with Crippen LogP contribution in [-0.2, 0) is 4.79 Å². The number of carbonyl (C=O) groups excluding carboxylic acids is 1. The van der Waals surface area contributed by atoms with Crippen molar-refractivity contribution in [3.63, 3.8) is 0 Å². The van der Waals surface area contributed by atoms with Gasteiger partial charge in [0.1, 0.15) is 0 Å². The number of carbonyl (C=O) groups is 1. The Morgan fingerprint density at radius 1 is 1.12 bits per heavy atom. The molecule has 0 saturated carbocycles. The molecule has 0 fully saturated rings. The highest BCUT2D eigenvalue weighted by Crippen LogP contribution is 2.21. The van der Waals surface area contributed by atoms with Crippen LogP contribution in [0, 0.1) is 11.8 Å². The number of allylic oxidation sites excluding steroid dienone is 4. The van der Waals surface area contributed by atoms with E-state index in [-0.39, 0.29) is 17.7 Å². The lowest BCUT2D eigenvalue weighted by Crippen LogP contribution is -2.27. The first-order valence-electron chi connectivity index (χ1n) is 5.65. The molecule has 2 nitrogen and oxygen atoms in total. The van der Waals surface area contributed by atoms with Crippen molar-refractivity contribution < 1.29 is 4.79 Å². The van der Waals surface area contributed by atoms with Gasteiger partial charge in [0.2, 0.25) is 5.91 Å². The van der Waals surface area contributed by atoms with E-state index in [0.717, 1.165) is 5.56 Å². The van der Waals surface area contributed by atoms with Gasteiger partial charge in [-0.1, -0.05) is 66.8 Å². The van der Waals surface area contributed by atoms with Crippen molar-refractivity contribution in [1.29, 1.82) is 0 Å². The molecule has 0 aromatic heterocycles. The number of benzene rings is 1. The molecule has 0 spiro atoms. The Labute approximate surface area is 101 Å². The van der Waals surface area contributed by atoms with Crippen LogP contribution in [-0.4, -0.2) is 5.91 Å². The molecule has 1 aliphatic rings. The highest BCUT2D eigenvalue weighted by molar-refractivity contribution is 5.80. The van der Waals surface area contributed by atoms with Crippen molar-refractivity contribution in [3.05, 3.63) is 66.3 Å². The average molecular weight is 225 g/mol. The van der Waals surface area contributed by atoms with Gasteiger partial charge in [-0.05, 0) is 5.56 Å². The van der Waals surface area contributed by atoms with Crippen LogP contribution in [0.15, 0.2) is 60.7 Å². The minimum absolute atomic E-state index is 0.0534. The van der Waals surface area contributed by atoms with Crippen LogP contribution in [0.1, 0.15) is 5.56 Å². The highest BCUT2D eigenvalue weighted by atomic mass is 16.1. The largest absolute Gasteiger partial charge is 0.369 e. The van der Waals surface area contributed by atoms with Crippen molar-refractivity contribution in [3.8, 4) is 0 Å². The predicted molar refractivity (Wildman–Crippen MR) is 69.9 cm³/mol. The summed E-state index contributed by atoms with van der Waals surface area (Å²) in [6.07, 6.45) is 11.7. The Morgan fingerprint density at radius 2 is 1.82 bits per heavy atom. The SMILES string of the molecule is NC(=O)C1C=CC=CC1C=Cc1ccccc1. The Balaban J connectivity index is 2.12. The minimum Gasteiger partial charge on any atom is -0.369 e. The van der Waals surface area contributed by atoms with Crippen molar-refractivity contribution >= 4 is 12.0 Å². The summed E-state index contributed by atoms with van der Waals surface area (Å²) < 4.78 is 0. The maximum Gasteiger partial charge on any atom is 0.225 e. The van der Waals surface area contributed by atoms with Gasteiger partial charge in [0.05, 0.1) is 5.92 Å². The van der Waals surface area contributed by atoms with E-state index in [1.807, 2.05) is 66.8 Å². The molecule has 2 heteroatoms. The van der Waals surface area contributed by atoms with Crippen LogP contribution < -0.4 is 5.73 Å². The lowest BCUT2D eigenvalue weighted by Gasteiger charge is -2.17. The molecule has 0 aliphatic heterocycles. The first kappa shape index (κ1) is 11.4. The van der Waals surface area contributed by atoms with Gasteiger partial charge in [0.25, 0.3) is 0 Å². The van der Waals surface area contributed by atoms with Crippen LogP contribution in [0.3, 0.4) is 0 Å². The van der Waals surface area contributed by atoms with Gasteiger partial charge in [-0.2, -0.15) is 0 Å². The zero-order chi connectivity index (χ0) is 12.1. The number of rotatable bonds is 3. The van der Waals surface area contributed by atoms with Crippen LogP contribution in [0.4, 0.5) is 0 Å². The predicted octanol–water partition coefficient (Wildman–Crippen LogP) is 2.54. The molecule has 17 heavy (non-hydrogen) atoms. The fourth-order valence-corrected chi connectivity index (χ4v) is 1.88. The van der Waals surface area contributed by atoms with E-state index in [1.54, 1.807) is 0 Å². The van der Waals surface area contributed by atoms with E-state index in [1.165, 1.54) is 0 Å². The van der Waals surface area contributed by atoms with Gasteiger partial charge in [0, 0.05) is 5.92 Å². The molecule has 2 N–H and O–H groups in total. The summed E-state index contributed by atoms with van der Waals surface area (Å²) in [5.74, 6) is -0.467. The normalized spacial score (nSPS) is 23.1. The summed E-state index contributed by atoms with van der Waals surface area (Å²) in [6.45, 7) is 0. The van der Waals surface area contributed by atoms with Crippen molar-refractivity contribution in [2.45, 2.75) is 0 Å². The molecule has 2 unspecified atom stereocenters. The zero-order valence-corrected chi connectivity index (χ0v) is 9.49. The smallest absolute Gasteiger partial charge is 0.225 e. The summed E-state index contributed by atoms with van der Waals surface area (Å²) in [6, 6.07) is 10.0. The molecule has 1 amide bonds. The van der Waals surface area contributed by atoms with Gasteiger partial charge in [0.15, 0.2) is 0 Å². The molecule has 0 bridgehead atoms. The second-order valence-corrected chi connectivity index (χ2v) is 4.05. The topological polar surface area (TPSA) is 43.1 Å². The molecule has 0 radical (unpaired) electrons. The third kappa shape index (κ3) is 2.94. The lowest BCUT2D eigenvalue weighted by molar-refractivity contribution is -0.121. The first-order valence-corrected chi connectivity index (χ1v) is 5.65. The molecule has 1 aliphatic carbocycles. The number of hydrogen-bond donors (Lipinski definition) is 1. The van der Waals surface area contributed by atoms with Crippen LogP contribution in [0.25, 0.3) is 6.08 Å². The third-order valence-electron chi connectivity index (χ3n) is 2.82. The van der Waals surface area contributed by atoms with Gasteiger partial charge >= 0.3 is 0 Å². The Bertz CT molecular complexity index is 471. The fourth-order valence-electron chi connectivity index (χ4n) is 1.88. The lowest BCUT2D eigenvalue weighted by atomic mass is 9.87. The maximum absolute atomic E-state index is 11.3. The third-order valence-corrected chi connectivity index (χ3v) is 2.82. The number of primary amides is 1. The second kappa shape index (κ2) is 5.30. The molecule has 1 aromatic rings.